The maximum atomic E-state index is 11.8. The second kappa shape index (κ2) is 6.31. The Kier molecular flexibility index (Phi) is 4.88. The first-order valence-corrected chi connectivity index (χ1v) is 9.15. The summed E-state index contributed by atoms with van der Waals surface area (Å²) in [6.45, 7) is 5.18. The van der Waals surface area contributed by atoms with Crippen LogP contribution in [0.25, 0.3) is 0 Å². The van der Waals surface area contributed by atoms with E-state index in [2.05, 4.69) is 15.0 Å². The van der Waals surface area contributed by atoms with Gasteiger partial charge in [-0.25, -0.2) is 13.1 Å². The molecule has 1 saturated heterocycles. The highest BCUT2D eigenvalue weighted by Crippen LogP contribution is 2.30. The Hall–Kier alpha value is -1.15. The number of hydrogen-bond acceptors (Lipinski definition) is 6. The molecule has 1 aliphatic heterocycles. The maximum absolute atomic E-state index is 11.8. The summed E-state index contributed by atoms with van der Waals surface area (Å²) in [6.07, 6.45) is 2.74. The number of nitrogens with two attached hydrogens (primary N) is 1. The summed E-state index contributed by atoms with van der Waals surface area (Å²) in [4.78, 5) is 6.57. The van der Waals surface area contributed by atoms with E-state index in [0.29, 0.717) is 12.4 Å². The monoisotopic (exact) mass is 315 g/mol. The SMILES string of the molecule is CC(C)S(=O)(=O)CCCN1CCCC1c1nc(N)n(C)n1. The molecule has 0 amide bonds. The zero-order valence-electron chi connectivity index (χ0n) is 13.0. The molecular weight excluding hydrogens is 290 g/mol. The molecule has 7 nitrogen and oxygen atoms in total. The number of hydrogen-bond donors (Lipinski definition) is 1. The number of anilines is 1. The van der Waals surface area contributed by atoms with Crippen LogP contribution in [0.2, 0.25) is 0 Å². The Morgan fingerprint density at radius 3 is 2.71 bits per heavy atom. The average molecular weight is 315 g/mol. The van der Waals surface area contributed by atoms with Gasteiger partial charge in [0.2, 0.25) is 5.95 Å². The molecule has 120 valence electrons. The number of rotatable bonds is 6. The number of nitrogens with zero attached hydrogens (tertiary/aromatic N) is 4. The van der Waals surface area contributed by atoms with E-state index in [4.69, 9.17) is 5.73 Å². The van der Waals surface area contributed by atoms with Gasteiger partial charge in [-0.05, 0) is 46.2 Å². The van der Waals surface area contributed by atoms with Gasteiger partial charge < -0.3 is 5.73 Å². The van der Waals surface area contributed by atoms with Crippen molar-refractivity contribution in [1.29, 1.82) is 0 Å². The molecule has 0 aromatic carbocycles. The molecule has 0 bridgehead atoms. The van der Waals surface area contributed by atoms with Gasteiger partial charge in [0.1, 0.15) is 0 Å². The molecule has 0 radical (unpaired) electrons. The molecule has 1 atom stereocenters. The van der Waals surface area contributed by atoms with Gasteiger partial charge in [0.05, 0.1) is 17.0 Å². The van der Waals surface area contributed by atoms with E-state index in [-0.39, 0.29) is 17.0 Å². The van der Waals surface area contributed by atoms with Crippen LogP contribution in [0.5, 0.6) is 0 Å². The van der Waals surface area contributed by atoms with Crippen molar-refractivity contribution in [1.82, 2.24) is 19.7 Å². The van der Waals surface area contributed by atoms with E-state index in [9.17, 15) is 8.42 Å². The number of sulfone groups is 1. The molecular formula is C13H25N5O2S. The Balaban J connectivity index is 1.94. The van der Waals surface area contributed by atoms with E-state index in [1.54, 1.807) is 25.6 Å². The zero-order chi connectivity index (χ0) is 15.6. The fourth-order valence-electron chi connectivity index (χ4n) is 2.65. The van der Waals surface area contributed by atoms with E-state index < -0.39 is 9.84 Å². The zero-order valence-corrected chi connectivity index (χ0v) is 13.8. The summed E-state index contributed by atoms with van der Waals surface area (Å²) < 4.78 is 25.3. The summed E-state index contributed by atoms with van der Waals surface area (Å²) in [5, 5.41) is 4.05. The Labute approximate surface area is 126 Å². The summed E-state index contributed by atoms with van der Waals surface area (Å²) >= 11 is 0. The lowest BCUT2D eigenvalue weighted by atomic mass is 10.2. The molecule has 0 saturated carbocycles. The molecule has 8 heteroatoms. The lowest BCUT2D eigenvalue weighted by molar-refractivity contribution is 0.249. The highest BCUT2D eigenvalue weighted by molar-refractivity contribution is 7.91. The van der Waals surface area contributed by atoms with Crippen molar-refractivity contribution in [2.75, 3.05) is 24.6 Å². The van der Waals surface area contributed by atoms with Gasteiger partial charge in [-0.2, -0.15) is 10.1 Å². The van der Waals surface area contributed by atoms with Crippen molar-refractivity contribution in [2.24, 2.45) is 7.05 Å². The third-order valence-corrected chi connectivity index (χ3v) is 6.36. The van der Waals surface area contributed by atoms with Crippen molar-refractivity contribution < 1.29 is 8.42 Å². The van der Waals surface area contributed by atoms with Gasteiger partial charge in [0, 0.05) is 7.05 Å². The number of aryl methyl sites for hydroxylation is 1. The normalized spacial score (nSPS) is 20.5. The quantitative estimate of drug-likeness (QED) is 0.832. The van der Waals surface area contributed by atoms with Crippen molar-refractivity contribution >= 4 is 15.8 Å². The average Bonchev–Trinajstić information content (AvgIpc) is 2.97. The van der Waals surface area contributed by atoms with Crippen molar-refractivity contribution in [3.8, 4) is 0 Å². The van der Waals surface area contributed by atoms with Crippen LogP contribution in [0, 0.1) is 0 Å². The van der Waals surface area contributed by atoms with Crippen LogP contribution >= 0.6 is 0 Å². The van der Waals surface area contributed by atoms with Crippen LogP contribution in [-0.4, -0.2) is 52.2 Å². The molecule has 1 fully saturated rings. The van der Waals surface area contributed by atoms with Crippen LogP contribution in [0.4, 0.5) is 5.95 Å². The molecule has 0 aliphatic carbocycles. The lowest BCUT2D eigenvalue weighted by Gasteiger charge is -2.22. The van der Waals surface area contributed by atoms with Crippen molar-refractivity contribution in [3.05, 3.63) is 5.82 Å². The molecule has 1 unspecified atom stereocenters. The summed E-state index contributed by atoms with van der Waals surface area (Å²) in [6, 6.07) is 0.162. The van der Waals surface area contributed by atoms with Crippen LogP contribution < -0.4 is 5.73 Å². The van der Waals surface area contributed by atoms with E-state index in [1.165, 1.54) is 0 Å². The number of nitrogen functional groups attached to an aromatic ring is 1. The first-order valence-electron chi connectivity index (χ1n) is 7.43. The second-order valence-corrected chi connectivity index (χ2v) is 8.59. The topological polar surface area (TPSA) is 94.1 Å². The third-order valence-electron chi connectivity index (χ3n) is 4.07. The van der Waals surface area contributed by atoms with Crippen molar-refractivity contribution in [2.45, 2.75) is 44.4 Å². The Morgan fingerprint density at radius 2 is 2.14 bits per heavy atom. The molecule has 2 heterocycles. The fraction of sp³-hybridized carbons (Fsp3) is 0.846. The second-order valence-electron chi connectivity index (χ2n) is 5.92. The minimum atomic E-state index is -2.96. The van der Waals surface area contributed by atoms with E-state index in [1.807, 2.05) is 0 Å². The minimum Gasteiger partial charge on any atom is -0.368 e. The first-order chi connectivity index (χ1) is 9.81. The van der Waals surface area contributed by atoms with Gasteiger partial charge >= 0.3 is 0 Å². The highest BCUT2D eigenvalue weighted by atomic mass is 32.2. The molecule has 2 N–H and O–H groups in total. The standard InChI is InChI=1S/C13H25N5O2S/c1-10(2)21(19,20)9-5-8-18-7-4-6-11(18)12-15-13(14)17(3)16-12/h10-11H,4-9H2,1-3H3,(H2,14,15,16). The predicted octanol–water partition coefficient (Wildman–Crippen LogP) is 0.748. The molecule has 1 aromatic rings. The largest absolute Gasteiger partial charge is 0.368 e. The third kappa shape index (κ3) is 3.74. The lowest BCUT2D eigenvalue weighted by Crippen LogP contribution is -2.28. The molecule has 2 rings (SSSR count). The fourth-order valence-corrected chi connectivity index (χ4v) is 3.65. The van der Waals surface area contributed by atoms with Gasteiger partial charge in [0.25, 0.3) is 0 Å². The van der Waals surface area contributed by atoms with Crippen LogP contribution in [0.1, 0.15) is 45.0 Å². The van der Waals surface area contributed by atoms with Gasteiger partial charge in [-0.15, -0.1) is 0 Å². The number of aromatic nitrogens is 3. The molecule has 0 spiro atoms. The minimum absolute atomic E-state index is 0.162. The summed E-state index contributed by atoms with van der Waals surface area (Å²) in [5.74, 6) is 1.41. The van der Waals surface area contributed by atoms with Gasteiger partial charge in [-0.1, -0.05) is 0 Å². The van der Waals surface area contributed by atoms with Crippen LogP contribution in [0.3, 0.4) is 0 Å². The predicted molar refractivity (Wildman–Crippen MR) is 82.5 cm³/mol. The van der Waals surface area contributed by atoms with Gasteiger partial charge in [0.15, 0.2) is 15.7 Å². The highest BCUT2D eigenvalue weighted by Gasteiger charge is 2.29. The Morgan fingerprint density at radius 1 is 1.43 bits per heavy atom. The van der Waals surface area contributed by atoms with E-state index >= 15 is 0 Å². The molecule has 1 aromatic heterocycles. The van der Waals surface area contributed by atoms with Crippen LogP contribution in [0.15, 0.2) is 0 Å². The first kappa shape index (κ1) is 16.2. The van der Waals surface area contributed by atoms with E-state index in [0.717, 1.165) is 31.8 Å². The summed E-state index contributed by atoms with van der Waals surface area (Å²) in [7, 11) is -1.18. The Bertz CT molecular complexity index is 562. The summed E-state index contributed by atoms with van der Waals surface area (Å²) in [5.41, 5.74) is 5.74. The van der Waals surface area contributed by atoms with Gasteiger partial charge in [-0.3, -0.25) is 4.90 Å². The van der Waals surface area contributed by atoms with Crippen molar-refractivity contribution in [3.63, 3.8) is 0 Å². The number of likely N-dealkylation sites (tertiary alicyclic amines) is 1. The smallest absolute Gasteiger partial charge is 0.218 e. The molecule has 1 aliphatic rings. The van der Waals surface area contributed by atoms with Crippen LogP contribution in [-0.2, 0) is 16.9 Å². The maximum Gasteiger partial charge on any atom is 0.218 e. The molecule has 21 heavy (non-hydrogen) atoms.